The number of aromatic nitrogens is 2. The van der Waals surface area contributed by atoms with Gasteiger partial charge < -0.3 is 5.32 Å². The highest BCUT2D eigenvalue weighted by molar-refractivity contribution is 7.93. The molecule has 1 unspecified atom stereocenters. The minimum atomic E-state index is -3.28. The maximum absolute atomic E-state index is 11.9. The van der Waals surface area contributed by atoms with Gasteiger partial charge in [0.15, 0.2) is 0 Å². The van der Waals surface area contributed by atoms with Crippen LogP contribution in [0.1, 0.15) is 6.42 Å². The van der Waals surface area contributed by atoms with Crippen molar-refractivity contribution < 1.29 is 8.42 Å². The van der Waals surface area contributed by atoms with Crippen LogP contribution in [0.2, 0.25) is 0 Å². The van der Waals surface area contributed by atoms with Gasteiger partial charge in [-0.3, -0.25) is 9.40 Å². The van der Waals surface area contributed by atoms with Crippen LogP contribution in [0.4, 0.5) is 5.82 Å². The van der Waals surface area contributed by atoms with E-state index in [1.165, 1.54) is 4.68 Å². The van der Waals surface area contributed by atoms with Crippen molar-refractivity contribution in [3.63, 3.8) is 0 Å². The highest BCUT2D eigenvalue weighted by atomic mass is 32.2. The lowest BCUT2D eigenvalue weighted by molar-refractivity contribution is 0.587. The molecule has 1 aliphatic rings. The van der Waals surface area contributed by atoms with Gasteiger partial charge in [0, 0.05) is 19.7 Å². The Labute approximate surface area is 88.7 Å². The number of nitrogens with one attached hydrogen (secondary N) is 2. The number of anilines is 1. The summed E-state index contributed by atoms with van der Waals surface area (Å²) in [6.07, 6.45) is 2.22. The van der Waals surface area contributed by atoms with Gasteiger partial charge in [0.05, 0.1) is 11.4 Å². The molecule has 1 aromatic heterocycles. The first kappa shape index (κ1) is 10.4. The first-order valence-corrected chi connectivity index (χ1v) is 6.34. The summed E-state index contributed by atoms with van der Waals surface area (Å²) in [5.74, 6) is 0.502. The lowest BCUT2D eigenvalue weighted by Crippen LogP contribution is -2.30. The van der Waals surface area contributed by atoms with Gasteiger partial charge in [-0.25, -0.2) is 8.42 Å². The van der Waals surface area contributed by atoms with E-state index < -0.39 is 10.0 Å². The number of nitrogens with zero attached hydrogens (tertiary/aromatic N) is 2. The van der Waals surface area contributed by atoms with Crippen molar-refractivity contribution in [3.8, 4) is 0 Å². The molecule has 84 valence electrons. The summed E-state index contributed by atoms with van der Waals surface area (Å²) in [6.45, 7) is 1.28. The number of aryl methyl sites for hydroxylation is 1. The van der Waals surface area contributed by atoms with Gasteiger partial charge in [-0.05, 0) is 13.0 Å². The molecule has 15 heavy (non-hydrogen) atoms. The fourth-order valence-electron chi connectivity index (χ4n) is 1.60. The quantitative estimate of drug-likeness (QED) is 0.735. The molecule has 0 radical (unpaired) electrons. The van der Waals surface area contributed by atoms with Crippen molar-refractivity contribution in [2.45, 2.75) is 11.7 Å². The lowest BCUT2D eigenvalue weighted by atomic mass is 10.4. The Balaban J connectivity index is 2.14. The molecule has 0 amide bonds. The smallest absolute Gasteiger partial charge is 0.238 e. The minimum absolute atomic E-state index is 0.340. The second kappa shape index (κ2) is 3.82. The van der Waals surface area contributed by atoms with Gasteiger partial charge in [0.2, 0.25) is 10.0 Å². The van der Waals surface area contributed by atoms with Crippen LogP contribution in [0, 0.1) is 0 Å². The number of hydrogen-bond acceptors (Lipinski definition) is 4. The van der Waals surface area contributed by atoms with Crippen LogP contribution >= 0.6 is 0 Å². The maximum Gasteiger partial charge on any atom is 0.238 e. The number of sulfonamides is 1. The van der Waals surface area contributed by atoms with Gasteiger partial charge in [-0.2, -0.15) is 5.10 Å². The molecule has 0 saturated carbocycles. The van der Waals surface area contributed by atoms with E-state index in [0.717, 1.165) is 6.54 Å². The minimum Gasteiger partial charge on any atom is -0.315 e. The molecule has 0 bridgehead atoms. The zero-order valence-corrected chi connectivity index (χ0v) is 9.29. The summed E-state index contributed by atoms with van der Waals surface area (Å²) >= 11 is 0. The monoisotopic (exact) mass is 230 g/mol. The SMILES string of the molecule is Cn1nccc1NS(=O)(=O)C1CCNC1. The second-order valence-corrected chi connectivity index (χ2v) is 5.56. The highest BCUT2D eigenvalue weighted by Crippen LogP contribution is 2.14. The predicted octanol–water partition coefficient (Wildman–Crippen LogP) is -0.476. The van der Waals surface area contributed by atoms with Gasteiger partial charge in [0.1, 0.15) is 5.82 Å². The Kier molecular flexibility index (Phi) is 2.66. The third-order valence-corrected chi connectivity index (χ3v) is 4.30. The van der Waals surface area contributed by atoms with Crippen molar-refractivity contribution in [2.75, 3.05) is 17.8 Å². The zero-order valence-electron chi connectivity index (χ0n) is 8.47. The van der Waals surface area contributed by atoms with E-state index in [4.69, 9.17) is 0 Å². The molecule has 6 nitrogen and oxygen atoms in total. The average molecular weight is 230 g/mol. The summed E-state index contributed by atoms with van der Waals surface area (Å²) in [5, 5.41) is 6.59. The molecule has 1 aromatic rings. The van der Waals surface area contributed by atoms with E-state index in [1.54, 1.807) is 19.3 Å². The van der Waals surface area contributed by atoms with E-state index in [9.17, 15) is 8.42 Å². The van der Waals surface area contributed by atoms with E-state index >= 15 is 0 Å². The molecular weight excluding hydrogens is 216 g/mol. The Morgan fingerprint density at radius 3 is 3.00 bits per heavy atom. The standard InChI is InChI=1S/C8H14N4O2S/c1-12-8(3-5-10-12)11-15(13,14)7-2-4-9-6-7/h3,5,7,9,11H,2,4,6H2,1H3. The first-order valence-electron chi connectivity index (χ1n) is 4.80. The molecule has 0 aromatic carbocycles. The molecule has 0 aliphatic carbocycles. The molecule has 2 N–H and O–H groups in total. The number of rotatable bonds is 3. The van der Waals surface area contributed by atoms with Crippen molar-refractivity contribution in [3.05, 3.63) is 12.3 Å². The molecule has 2 rings (SSSR count). The predicted molar refractivity (Wildman–Crippen MR) is 57.0 cm³/mol. The van der Waals surface area contributed by atoms with E-state index in [1.807, 2.05) is 0 Å². The number of hydrogen-bond donors (Lipinski definition) is 2. The molecule has 1 atom stereocenters. The Hall–Kier alpha value is -1.08. The molecule has 2 heterocycles. The van der Waals surface area contributed by atoms with Gasteiger partial charge in [0.25, 0.3) is 0 Å². The topological polar surface area (TPSA) is 76.0 Å². The lowest BCUT2D eigenvalue weighted by Gasteiger charge is -2.12. The third kappa shape index (κ3) is 2.13. The van der Waals surface area contributed by atoms with E-state index in [0.29, 0.717) is 18.8 Å². The van der Waals surface area contributed by atoms with Crippen LogP contribution in [0.25, 0.3) is 0 Å². The molecular formula is C8H14N4O2S. The van der Waals surface area contributed by atoms with Crippen molar-refractivity contribution in [2.24, 2.45) is 7.05 Å². The van der Waals surface area contributed by atoms with Crippen LogP contribution < -0.4 is 10.0 Å². The first-order chi connectivity index (χ1) is 7.09. The molecule has 1 fully saturated rings. The largest absolute Gasteiger partial charge is 0.315 e. The Morgan fingerprint density at radius 1 is 1.67 bits per heavy atom. The van der Waals surface area contributed by atoms with Crippen LogP contribution in [0.15, 0.2) is 12.3 Å². The van der Waals surface area contributed by atoms with Crippen molar-refractivity contribution >= 4 is 15.8 Å². The highest BCUT2D eigenvalue weighted by Gasteiger charge is 2.28. The Bertz CT molecular complexity index is 433. The van der Waals surface area contributed by atoms with Gasteiger partial charge >= 0.3 is 0 Å². The van der Waals surface area contributed by atoms with Crippen LogP contribution in [-0.2, 0) is 17.1 Å². The summed E-state index contributed by atoms with van der Waals surface area (Å²) < 4.78 is 27.8. The fourth-order valence-corrected chi connectivity index (χ4v) is 3.02. The van der Waals surface area contributed by atoms with Crippen LogP contribution in [0.3, 0.4) is 0 Å². The molecule has 0 spiro atoms. The second-order valence-electron chi connectivity index (χ2n) is 3.60. The fraction of sp³-hybridized carbons (Fsp3) is 0.625. The van der Waals surface area contributed by atoms with Crippen molar-refractivity contribution in [1.29, 1.82) is 0 Å². The Morgan fingerprint density at radius 2 is 2.47 bits per heavy atom. The summed E-state index contributed by atoms with van der Waals surface area (Å²) in [4.78, 5) is 0. The van der Waals surface area contributed by atoms with E-state index in [-0.39, 0.29) is 5.25 Å². The normalized spacial score (nSPS) is 21.8. The molecule has 1 saturated heterocycles. The molecule has 1 aliphatic heterocycles. The van der Waals surface area contributed by atoms with Crippen LogP contribution in [-0.4, -0.2) is 36.5 Å². The van der Waals surface area contributed by atoms with Crippen molar-refractivity contribution in [1.82, 2.24) is 15.1 Å². The van der Waals surface area contributed by atoms with E-state index in [2.05, 4.69) is 15.1 Å². The summed E-state index contributed by atoms with van der Waals surface area (Å²) in [7, 11) is -1.58. The molecule has 7 heteroatoms. The third-order valence-electron chi connectivity index (χ3n) is 2.52. The zero-order chi connectivity index (χ0) is 10.9. The van der Waals surface area contributed by atoms with Gasteiger partial charge in [-0.1, -0.05) is 0 Å². The summed E-state index contributed by atoms with van der Waals surface area (Å²) in [6, 6.07) is 1.64. The van der Waals surface area contributed by atoms with Gasteiger partial charge in [-0.15, -0.1) is 0 Å². The summed E-state index contributed by atoms with van der Waals surface area (Å²) in [5.41, 5.74) is 0. The maximum atomic E-state index is 11.9. The average Bonchev–Trinajstić information content (AvgIpc) is 2.77. The van der Waals surface area contributed by atoms with Crippen LogP contribution in [0.5, 0.6) is 0 Å².